The maximum Gasteiger partial charge on any atom is 0.306 e. The third-order valence-electron chi connectivity index (χ3n) is 16.0. The molecule has 0 radical (unpaired) electrons. The summed E-state index contributed by atoms with van der Waals surface area (Å²) in [5.41, 5.74) is 0. The fourth-order valence-corrected chi connectivity index (χ4v) is 10.7. The number of ether oxygens (including phenoxy) is 2. The van der Waals surface area contributed by atoms with Crippen molar-refractivity contribution >= 4 is 11.9 Å². The van der Waals surface area contributed by atoms with Crippen LogP contribution in [0.1, 0.15) is 373 Å². The largest absolute Gasteiger partial charge is 0.462 e. The first kappa shape index (κ1) is 77.3. The van der Waals surface area contributed by atoms with Gasteiger partial charge in [-0.05, 0) is 64.2 Å². The molecular formula is C75H136O5. The molecule has 0 heterocycles. The van der Waals surface area contributed by atoms with Gasteiger partial charge in [-0.2, -0.15) is 0 Å². The van der Waals surface area contributed by atoms with Crippen LogP contribution in [0, 0.1) is 0 Å². The van der Waals surface area contributed by atoms with Gasteiger partial charge < -0.3 is 14.6 Å². The van der Waals surface area contributed by atoms with Gasteiger partial charge >= 0.3 is 11.9 Å². The van der Waals surface area contributed by atoms with Crippen LogP contribution in [0.5, 0.6) is 0 Å². The second kappa shape index (κ2) is 70.6. The maximum atomic E-state index is 12.3. The van der Waals surface area contributed by atoms with Crippen molar-refractivity contribution < 1.29 is 24.2 Å². The second-order valence-corrected chi connectivity index (χ2v) is 23.9. The number of rotatable bonds is 66. The summed E-state index contributed by atoms with van der Waals surface area (Å²) in [6.45, 7) is 4.06. The Kier molecular flexibility index (Phi) is 68.3. The number of aliphatic hydroxyl groups excluding tert-OH is 1. The van der Waals surface area contributed by atoms with Crippen LogP contribution in [0.25, 0.3) is 0 Å². The number of carbonyl (C=O) groups excluding carboxylic acids is 2. The maximum absolute atomic E-state index is 12.3. The van der Waals surface area contributed by atoms with E-state index in [4.69, 9.17) is 9.47 Å². The minimum atomic E-state index is -0.784. The van der Waals surface area contributed by atoms with E-state index in [1.807, 2.05) is 0 Å². The topological polar surface area (TPSA) is 72.8 Å². The van der Waals surface area contributed by atoms with Crippen LogP contribution in [0.3, 0.4) is 0 Å². The molecule has 0 saturated heterocycles. The molecule has 0 spiro atoms. The highest BCUT2D eigenvalue weighted by Crippen LogP contribution is 2.19. The van der Waals surface area contributed by atoms with Crippen molar-refractivity contribution in [2.24, 2.45) is 0 Å². The van der Waals surface area contributed by atoms with Gasteiger partial charge in [-0.15, -0.1) is 0 Å². The van der Waals surface area contributed by atoms with Crippen LogP contribution >= 0.6 is 0 Å². The van der Waals surface area contributed by atoms with Crippen LogP contribution in [0.15, 0.2) is 72.9 Å². The number of unbranched alkanes of at least 4 members (excludes halogenated alkanes) is 46. The summed E-state index contributed by atoms with van der Waals surface area (Å²) in [6.07, 6.45) is 98.2. The zero-order valence-corrected chi connectivity index (χ0v) is 53.6. The number of aliphatic hydroxyl groups is 1. The van der Waals surface area contributed by atoms with E-state index < -0.39 is 6.10 Å². The zero-order chi connectivity index (χ0) is 57.6. The Hall–Kier alpha value is -2.66. The molecule has 1 atom stereocenters. The van der Waals surface area contributed by atoms with Crippen LogP contribution in [-0.4, -0.2) is 36.4 Å². The summed E-state index contributed by atoms with van der Waals surface area (Å²) < 4.78 is 10.7. The number of hydrogen-bond donors (Lipinski definition) is 1. The van der Waals surface area contributed by atoms with Crippen molar-refractivity contribution in [3.63, 3.8) is 0 Å². The van der Waals surface area contributed by atoms with E-state index in [1.54, 1.807) is 0 Å². The molecule has 0 aliphatic carbocycles. The lowest BCUT2D eigenvalue weighted by Gasteiger charge is -2.15. The summed E-state index contributed by atoms with van der Waals surface area (Å²) in [5, 5.41) is 9.69. The highest BCUT2D eigenvalue weighted by Gasteiger charge is 2.16. The summed E-state index contributed by atoms with van der Waals surface area (Å²) >= 11 is 0. The normalized spacial score (nSPS) is 12.6. The van der Waals surface area contributed by atoms with Crippen molar-refractivity contribution in [3.05, 3.63) is 72.9 Å². The van der Waals surface area contributed by atoms with E-state index in [0.717, 1.165) is 83.5 Å². The Balaban J connectivity index is 3.40. The Morgan fingerprint density at radius 2 is 0.537 bits per heavy atom. The summed E-state index contributed by atoms with van der Waals surface area (Å²) in [5.74, 6) is -0.595. The Labute approximate surface area is 499 Å². The third kappa shape index (κ3) is 67.8. The summed E-state index contributed by atoms with van der Waals surface area (Å²) in [4.78, 5) is 24.6. The zero-order valence-electron chi connectivity index (χ0n) is 53.6. The van der Waals surface area contributed by atoms with Crippen molar-refractivity contribution in [2.75, 3.05) is 13.2 Å². The minimum absolute atomic E-state index is 0.0718. The van der Waals surface area contributed by atoms with Crippen molar-refractivity contribution in [3.8, 4) is 0 Å². The average Bonchev–Trinajstić information content (AvgIpc) is 3.46. The molecule has 0 amide bonds. The van der Waals surface area contributed by atoms with Crippen molar-refractivity contribution in [1.82, 2.24) is 0 Å². The van der Waals surface area contributed by atoms with Gasteiger partial charge in [0.2, 0.25) is 0 Å². The van der Waals surface area contributed by atoms with Crippen LogP contribution < -0.4 is 0 Å². The van der Waals surface area contributed by atoms with E-state index in [-0.39, 0.29) is 25.2 Å². The van der Waals surface area contributed by atoms with Crippen molar-refractivity contribution in [2.45, 2.75) is 380 Å². The molecule has 80 heavy (non-hydrogen) atoms. The third-order valence-corrected chi connectivity index (χ3v) is 16.0. The Bertz CT molecular complexity index is 1400. The van der Waals surface area contributed by atoms with Crippen LogP contribution in [0.4, 0.5) is 0 Å². The number of hydrogen-bond acceptors (Lipinski definition) is 5. The fraction of sp³-hybridized carbons (Fsp3) is 0.813. The highest BCUT2D eigenvalue weighted by atomic mass is 16.6. The van der Waals surface area contributed by atoms with Gasteiger partial charge in [0.1, 0.15) is 6.61 Å². The van der Waals surface area contributed by atoms with E-state index in [9.17, 15) is 14.7 Å². The predicted molar refractivity (Wildman–Crippen MR) is 353 cm³/mol. The molecule has 5 nitrogen and oxygen atoms in total. The number of allylic oxidation sites excluding steroid dienone is 12. The first-order chi connectivity index (χ1) is 39.6. The van der Waals surface area contributed by atoms with Gasteiger partial charge in [-0.25, -0.2) is 0 Å². The lowest BCUT2D eigenvalue weighted by molar-refractivity contribution is -0.161. The molecule has 0 aliphatic heterocycles. The molecule has 0 aromatic carbocycles. The molecule has 0 rings (SSSR count). The van der Waals surface area contributed by atoms with Gasteiger partial charge in [0.05, 0.1) is 6.61 Å². The van der Waals surface area contributed by atoms with Crippen LogP contribution in [-0.2, 0) is 19.1 Å². The van der Waals surface area contributed by atoms with Gasteiger partial charge in [-0.1, -0.05) is 369 Å². The van der Waals surface area contributed by atoms with Crippen molar-refractivity contribution in [1.29, 1.82) is 0 Å². The quantitative estimate of drug-likeness (QED) is 0.0373. The average molecular weight is 1120 g/mol. The first-order valence-electron chi connectivity index (χ1n) is 35.5. The number of carbonyl (C=O) groups is 2. The molecular weight excluding hydrogens is 981 g/mol. The van der Waals surface area contributed by atoms with Gasteiger partial charge in [-0.3, -0.25) is 9.59 Å². The Morgan fingerprint density at radius 3 is 0.812 bits per heavy atom. The summed E-state index contributed by atoms with van der Waals surface area (Å²) in [6, 6.07) is 0. The van der Waals surface area contributed by atoms with E-state index in [2.05, 4.69) is 86.8 Å². The lowest BCUT2D eigenvalue weighted by Crippen LogP contribution is -2.28. The molecule has 466 valence electrons. The van der Waals surface area contributed by atoms with Crippen LogP contribution in [0.2, 0.25) is 0 Å². The van der Waals surface area contributed by atoms with E-state index >= 15 is 0 Å². The monoisotopic (exact) mass is 1120 g/mol. The molecule has 0 saturated carbocycles. The SMILES string of the molecule is CC/C=C\C/C=C\C/C=C\C/C=C\C/C=C\C/C=C\CCCCCCCCC(=O)OC(CO)COC(=O)CCCCCCCCCCCCCCCCCCCCCCCCCCCCCCCCCCCCCCCCCCC. The molecule has 0 aromatic heterocycles. The fourth-order valence-electron chi connectivity index (χ4n) is 10.7. The first-order valence-corrected chi connectivity index (χ1v) is 35.5. The molecule has 1 N–H and O–H groups in total. The van der Waals surface area contributed by atoms with Gasteiger partial charge in [0.15, 0.2) is 6.10 Å². The van der Waals surface area contributed by atoms with E-state index in [1.165, 1.54) is 263 Å². The molecule has 0 fully saturated rings. The minimum Gasteiger partial charge on any atom is -0.462 e. The standard InChI is InChI=1S/C75H136O5/c1-3-5-7-9-11-13-15-17-19-21-23-25-27-29-30-31-32-33-34-35-36-37-38-39-40-41-42-43-44-46-47-49-51-53-55-57-59-61-63-65-67-69-74(77)79-72-73(71-76)80-75(78)70-68-66-64-62-60-58-56-54-52-50-48-45-28-26-24-22-20-18-16-14-12-10-8-6-4-2/h6,8,12,14,18,20,24,26,45,48,52,54,73,76H,3-5,7,9-11,13,15-17,19,21-23,25,27-44,46-47,49-51,53,55-72H2,1-2H3/b8-6-,14-12-,20-18-,26-24-,48-45-,54-52-. The Morgan fingerprint density at radius 1 is 0.300 bits per heavy atom. The van der Waals surface area contributed by atoms with Gasteiger partial charge in [0, 0.05) is 12.8 Å². The lowest BCUT2D eigenvalue weighted by atomic mass is 10.0. The molecule has 1 unspecified atom stereocenters. The molecule has 0 bridgehead atoms. The van der Waals surface area contributed by atoms with E-state index in [0.29, 0.717) is 12.8 Å². The molecule has 5 heteroatoms. The highest BCUT2D eigenvalue weighted by molar-refractivity contribution is 5.70. The predicted octanol–water partition coefficient (Wildman–Crippen LogP) is 24.7. The summed E-state index contributed by atoms with van der Waals surface area (Å²) in [7, 11) is 0. The smallest absolute Gasteiger partial charge is 0.306 e. The van der Waals surface area contributed by atoms with Gasteiger partial charge in [0.25, 0.3) is 0 Å². The molecule has 0 aliphatic rings. The second-order valence-electron chi connectivity index (χ2n) is 23.9. The molecule has 0 aromatic rings. The number of esters is 2.